The first-order valence-electron chi connectivity index (χ1n) is 8.91. The molecular weight excluding hydrogens is 346 g/mol. The molecule has 0 radical (unpaired) electrons. The van der Waals surface area contributed by atoms with Gasteiger partial charge in [-0.2, -0.15) is 0 Å². The van der Waals surface area contributed by atoms with Crippen LogP contribution in [0.1, 0.15) is 48.4 Å². The van der Waals surface area contributed by atoms with Gasteiger partial charge in [-0.05, 0) is 45.9 Å². The second kappa shape index (κ2) is 8.93. The fourth-order valence-corrected chi connectivity index (χ4v) is 4.23. The highest BCUT2D eigenvalue weighted by molar-refractivity contribution is 7.98. The first-order valence-corrected chi connectivity index (χ1v) is 9.89. The summed E-state index contributed by atoms with van der Waals surface area (Å²) >= 11 is 1.97. The lowest BCUT2D eigenvalue weighted by Crippen LogP contribution is -3.05. The zero-order valence-electron chi connectivity index (χ0n) is 15.6. The zero-order chi connectivity index (χ0) is 17.1. The molecule has 0 unspecified atom stereocenters. The molecule has 0 atom stereocenters. The van der Waals surface area contributed by atoms with Crippen LogP contribution in [0.2, 0.25) is 0 Å². The summed E-state index contributed by atoms with van der Waals surface area (Å²) in [6, 6.07) is 16.0. The highest BCUT2D eigenvalue weighted by Crippen LogP contribution is 2.41. The van der Waals surface area contributed by atoms with Gasteiger partial charge in [-0.25, -0.2) is 0 Å². The Kier molecular flexibility index (Phi) is 7.18. The number of thioether (sulfide) groups is 1. The monoisotopic (exact) mass is 373 g/mol. The smallest absolute Gasteiger partial charge is 0.0802 e. The van der Waals surface area contributed by atoms with E-state index < -0.39 is 0 Å². The average molecular weight is 374 g/mol. The van der Waals surface area contributed by atoms with E-state index in [1.54, 1.807) is 0 Å². The quantitative estimate of drug-likeness (QED) is 0.848. The first kappa shape index (κ1) is 20.1. The van der Waals surface area contributed by atoms with E-state index in [0.29, 0.717) is 5.92 Å². The first-order chi connectivity index (χ1) is 11.6. The van der Waals surface area contributed by atoms with Crippen molar-refractivity contribution in [1.82, 2.24) is 0 Å². The lowest BCUT2D eigenvalue weighted by molar-refractivity contribution is -0.857. The van der Waals surface area contributed by atoms with Gasteiger partial charge in [-0.3, -0.25) is 0 Å². The molecule has 0 spiro atoms. The van der Waals surface area contributed by atoms with Gasteiger partial charge in [0.25, 0.3) is 0 Å². The molecule has 1 aliphatic heterocycles. The normalized spacial score (nSPS) is 14.9. The zero-order valence-corrected chi connectivity index (χ0v) is 17.2. The predicted octanol–water partition coefficient (Wildman–Crippen LogP) is 1.39. The molecule has 3 rings (SSSR count). The van der Waals surface area contributed by atoms with E-state index in [1.807, 2.05) is 11.8 Å². The molecule has 25 heavy (non-hydrogen) atoms. The van der Waals surface area contributed by atoms with Crippen molar-refractivity contribution in [2.45, 2.75) is 36.8 Å². The lowest BCUT2D eigenvalue weighted by atomic mass is 9.91. The van der Waals surface area contributed by atoms with E-state index in [0.717, 1.165) is 18.7 Å². The molecule has 2 aromatic carbocycles. The third-order valence-corrected chi connectivity index (χ3v) is 5.77. The maximum Gasteiger partial charge on any atom is 0.0802 e. The van der Waals surface area contributed by atoms with Crippen LogP contribution in [0, 0.1) is 0 Å². The van der Waals surface area contributed by atoms with Crippen molar-refractivity contribution in [3.63, 3.8) is 0 Å². The second-order valence-electron chi connectivity index (χ2n) is 7.22. The van der Waals surface area contributed by atoms with Gasteiger partial charge >= 0.3 is 0 Å². The van der Waals surface area contributed by atoms with Crippen LogP contribution in [-0.4, -0.2) is 20.6 Å². The van der Waals surface area contributed by atoms with Crippen molar-refractivity contribution in [3.8, 4) is 0 Å². The third kappa shape index (κ3) is 4.69. The van der Waals surface area contributed by atoms with Crippen LogP contribution in [0.25, 0.3) is 5.57 Å². The molecule has 0 amide bonds. The third-order valence-electron chi connectivity index (χ3n) is 4.64. The number of hydrogen-bond acceptors (Lipinski definition) is 1. The number of fused-ring (bicyclic) bond motifs is 2. The summed E-state index contributed by atoms with van der Waals surface area (Å²) in [5.41, 5.74) is 7.14. The molecule has 0 fully saturated rings. The predicted molar refractivity (Wildman–Crippen MR) is 106 cm³/mol. The summed E-state index contributed by atoms with van der Waals surface area (Å²) in [4.78, 5) is 2.92. The highest BCUT2D eigenvalue weighted by atomic mass is 35.5. The van der Waals surface area contributed by atoms with Gasteiger partial charge in [-0.1, -0.05) is 50.3 Å². The molecule has 1 N–H and O–H groups in total. The van der Waals surface area contributed by atoms with Crippen molar-refractivity contribution < 1.29 is 17.3 Å². The minimum atomic E-state index is 0. The molecule has 2 aromatic rings. The number of quaternary nitrogens is 1. The molecule has 0 saturated carbocycles. The lowest BCUT2D eigenvalue weighted by Gasteiger charge is -2.15. The summed E-state index contributed by atoms with van der Waals surface area (Å²) in [7, 11) is 4.44. The van der Waals surface area contributed by atoms with Crippen LogP contribution in [0.4, 0.5) is 0 Å². The second-order valence-corrected chi connectivity index (χ2v) is 8.24. The Morgan fingerprint density at radius 1 is 1.08 bits per heavy atom. The standard InChI is InChI=1S/C22H27NS.ClH/c1-16(2)17-11-12-22-21(14-17)20(10-7-13-23(3)4)19-9-6-5-8-18(19)15-24-22;/h5-6,8-12,14,16H,7,13,15H2,1-4H3;1H/b20-10+;. The Balaban J connectivity index is 0.00000225. The van der Waals surface area contributed by atoms with Crippen LogP contribution in [0.15, 0.2) is 53.4 Å². The van der Waals surface area contributed by atoms with Gasteiger partial charge in [0.05, 0.1) is 20.6 Å². The van der Waals surface area contributed by atoms with Crippen molar-refractivity contribution in [2.75, 3.05) is 20.6 Å². The van der Waals surface area contributed by atoms with Gasteiger partial charge in [0.1, 0.15) is 0 Å². The van der Waals surface area contributed by atoms with Crippen molar-refractivity contribution in [3.05, 3.63) is 70.8 Å². The minimum absolute atomic E-state index is 0. The van der Waals surface area contributed by atoms with Gasteiger partial charge in [0, 0.05) is 17.1 Å². The van der Waals surface area contributed by atoms with Crippen LogP contribution >= 0.6 is 11.8 Å². The van der Waals surface area contributed by atoms with Gasteiger partial charge < -0.3 is 17.3 Å². The minimum Gasteiger partial charge on any atom is -1.00 e. The van der Waals surface area contributed by atoms with Crippen molar-refractivity contribution >= 4 is 17.3 Å². The molecule has 1 heterocycles. The Morgan fingerprint density at radius 2 is 1.84 bits per heavy atom. The van der Waals surface area contributed by atoms with E-state index in [1.165, 1.54) is 37.6 Å². The maximum absolute atomic E-state index is 2.46. The summed E-state index contributed by atoms with van der Waals surface area (Å²) < 4.78 is 0. The number of nitrogens with one attached hydrogen (secondary N) is 1. The average Bonchev–Trinajstić information content (AvgIpc) is 2.71. The Morgan fingerprint density at radius 3 is 2.56 bits per heavy atom. The van der Waals surface area contributed by atoms with Crippen molar-refractivity contribution in [1.29, 1.82) is 0 Å². The van der Waals surface area contributed by atoms with Gasteiger partial charge in [0.2, 0.25) is 0 Å². The Bertz CT molecular complexity index is 749. The number of hydrogen-bond donors (Lipinski definition) is 1. The topological polar surface area (TPSA) is 4.44 Å². The highest BCUT2D eigenvalue weighted by Gasteiger charge is 2.19. The van der Waals surface area contributed by atoms with Crippen LogP contribution in [0.3, 0.4) is 0 Å². The van der Waals surface area contributed by atoms with Crippen LogP contribution in [-0.2, 0) is 5.75 Å². The summed E-state index contributed by atoms with van der Waals surface area (Å²) in [5, 5.41) is 0. The fraction of sp³-hybridized carbons (Fsp3) is 0.364. The molecule has 0 aromatic heterocycles. The largest absolute Gasteiger partial charge is 1.00 e. The summed E-state index contributed by atoms with van der Waals surface area (Å²) in [5.74, 6) is 1.62. The number of benzene rings is 2. The fourth-order valence-electron chi connectivity index (χ4n) is 3.18. The molecule has 1 aliphatic rings. The molecule has 0 bridgehead atoms. The molecule has 134 valence electrons. The van der Waals surface area contributed by atoms with E-state index in [2.05, 4.69) is 76.5 Å². The number of halogens is 1. The van der Waals surface area contributed by atoms with Crippen LogP contribution in [0.5, 0.6) is 0 Å². The molecular formula is C22H28ClNS. The van der Waals surface area contributed by atoms with Crippen molar-refractivity contribution in [2.24, 2.45) is 0 Å². The van der Waals surface area contributed by atoms with E-state index in [9.17, 15) is 0 Å². The molecule has 0 saturated heterocycles. The number of rotatable bonds is 4. The van der Waals surface area contributed by atoms with Gasteiger partial charge in [-0.15, -0.1) is 11.8 Å². The maximum atomic E-state index is 2.46. The Labute approximate surface area is 162 Å². The van der Waals surface area contributed by atoms with E-state index in [-0.39, 0.29) is 12.4 Å². The summed E-state index contributed by atoms with van der Waals surface area (Å²) in [6.45, 7) is 5.72. The Hall–Kier alpha value is -1.22. The summed E-state index contributed by atoms with van der Waals surface area (Å²) in [6.07, 6.45) is 3.57. The van der Waals surface area contributed by atoms with E-state index >= 15 is 0 Å². The van der Waals surface area contributed by atoms with Crippen LogP contribution < -0.4 is 17.3 Å². The van der Waals surface area contributed by atoms with E-state index in [4.69, 9.17) is 0 Å². The molecule has 3 heteroatoms. The van der Waals surface area contributed by atoms with Gasteiger partial charge in [0.15, 0.2) is 0 Å². The SMILES string of the molecule is CC(C)c1ccc2c(c1)/C(=C/CC[NH+](C)C)c1ccccc1CS2.[Cl-]. The molecule has 0 aliphatic carbocycles. The molecule has 1 nitrogen and oxygen atoms in total.